The lowest BCUT2D eigenvalue weighted by atomic mass is 10.2. The maximum atomic E-state index is 11.9. The lowest BCUT2D eigenvalue weighted by Crippen LogP contribution is -2.41. The van der Waals surface area contributed by atoms with E-state index in [2.05, 4.69) is 15.5 Å². The van der Waals surface area contributed by atoms with E-state index in [0.29, 0.717) is 18.3 Å². The molecule has 0 bridgehead atoms. The van der Waals surface area contributed by atoms with E-state index in [1.807, 2.05) is 37.3 Å². The Balaban J connectivity index is 1.90. The number of benzene rings is 1. The Morgan fingerprint density at radius 3 is 2.70 bits per heavy atom. The maximum absolute atomic E-state index is 11.9. The van der Waals surface area contributed by atoms with Gasteiger partial charge in [-0.05, 0) is 6.92 Å². The lowest BCUT2D eigenvalue weighted by molar-refractivity contribution is 0.143. The first-order valence-electron chi connectivity index (χ1n) is 7.53. The van der Waals surface area contributed by atoms with Crippen molar-refractivity contribution in [1.82, 2.24) is 20.4 Å². The Morgan fingerprint density at radius 1 is 1.35 bits per heavy atom. The van der Waals surface area contributed by atoms with Crippen LogP contribution in [0.1, 0.15) is 25.7 Å². The molecule has 23 heavy (non-hydrogen) atoms. The first kappa shape index (κ1) is 17.0. The fourth-order valence-electron chi connectivity index (χ4n) is 2.08. The van der Waals surface area contributed by atoms with Crippen molar-refractivity contribution in [3.63, 3.8) is 0 Å². The number of urea groups is 1. The third-order valence-electron chi connectivity index (χ3n) is 3.34. The van der Waals surface area contributed by atoms with Crippen LogP contribution in [0.4, 0.5) is 4.79 Å². The molecule has 1 heterocycles. The quantitative estimate of drug-likeness (QED) is 0.848. The van der Waals surface area contributed by atoms with E-state index < -0.39 is 6.10 Å². The van der Waals surface area contributed by atoms with E-state index in [0.717, 1.165) is 5.56 Å². The molecule has 0 aliphatic rings. The predicted octanol–water partition coefficient (Wildman–Crippen LogP) is 1.86. The van der Waals surface area contributed by atoms with E-state index >= 15 is 0 Å². The van der Waals surface area contributed by atoms with Crippen LogP contribution in [-0.2, 0) is 0 Å². The zero-order chi connectivity index (χ0) is 16.8. The smallest absolute Gasteiger partial charge is 0.317 e. The molecule has 1 aromatic carbocycles. The number of carbonyl (C=O) groups excluding carboxylic acids is 1. The normalized spacial score (nSPS) is 13.4. The molecule has 2 aromatic rings. The van der Waals surface area contributed by atoms with Crippen molar-refractivity contribution in [2.75, 3.05) is 20.1 Å². The second-order valence-electron chi connectivity index (χ2n) is 5.64. The molecule has 2 unspecified atom stereocenters. The summed E-state index contributed by atoms with van der Waals surface area (Å²) < 4.78 is 5.27. The second-order valence-corrected chi connectivity index (χ2v) is 5.64. The fourth-order valence-corrected chi connectivity index (χ4v) is 2.08. The molecular weight excluding hydrogens is 296 g/mol. The summed E-state index contributed by atoms with van der Waals surface area (Å²) in [6.07, 6.45) is -0.562. The van der Waals surface area contributed by atoms with Gasteiger partial charge in [-0.25, -0.2) is 4.79 Å². The predicted molar refractivity (Wildman–Crippen MR) is 85.9 cm³/mol. The van der Waals surface area contributed by atoms with Gasteiger partial charge in [-0.3, -0.25) is 0 Å². The number of rotatable bonds is 6. The fraction of sp³-hybridized carbons (Fsp3) is 0.438. The number of aliphatic hydroxyl groups is 1. The minimum atomic E-state index is -0.562. The lowest BCUT2D eigenvalue weighted by Gasteiger charge is -2.20. The number of carbonyl (C=O) groups is 1. The first-order valence-corrected chi connectivity index (χ1v) is 7.53. The molecule has 0 radical (unpaired) electrons. The monoisotopic (exact) mass is 318 g/mol. The van der Waals surface area contributed by atoms with Crippen LogP contribution in [0.5, 0.6) is 0 Å². The Kier molecular flexibility index (Phi) is 5.70. The molecule has 124 valence electrons. The van der Waals surface area contributed by atoms with E-state index in [1.165, 1.54) is 4.90 Å². The summed E-state index contributed by atoms with van der Waals surface area (Å²) in [4.78, 5) is 17.7. The number of hydrogen-bond acceptors (Lipinski definition) is 5. The van der Waals surface area contributed by atoms with Gasteiger partial charge in [-0.2, -0.15) is 4.98 Å². The molecule has 7 nitrogen and oxygen atoms in total. The van der Waals surface area contributed by atoms with Gasteiger partial charge >= 0.3 is 6.03 Å². The average molecular weight is 318 g/mol. The second kappa shape index (κ2) is 7.73. The molecule has 0 aliphatic heterocycles. The summed E-state index contributed by atoms with van der Waals surface area (Å²) in [6, 6.07) is 9.31. The summed E-state index contributed by atoms with van der Waals surface area (Å²) in [7, 11) is 1.63. The molecule has 1 aromatic heterocycles. The molecule has 0 saturated heterocycles. The van der Waals surface area contributed by atoms with Crippen LogP contribution in [0.3, 0.4) is 0 Å². The summed E-state index contributed by atoms with van der Waals surface area (Å²) in [6.45, 7) is 4.19. The summed E-state index contributed by atoms with van der Waals surface area (Å²) >= 11 is 0. The SMILES string of the molecule is CC(O)CN(C)C(=O)NCC(C)c1nc(-c2ccccc2)no1. The third kappa shape index (κ3) is 4.79. The van der Waals surface area contributed by atoms with Crippen LogP contribution < -0.4 is 5.32 Å². The van der Waals surface area contributed by atoms with Crippen LogP contribution >= 0.6 is 0 Å². The van der Waals surface area contributed by atoms with Crippen LogP contribution in [0.15, 0.2) is 34.9 Å². The van der Waals surface area contributed by atoms with Crippen molar-refractivity contribution in [1.29, 1.82) is 0 Å². The van der Waals surface area contributed by atoms with E-state index in [-0.39, 0.29) is 18.5 Å². The van der Waals surface area contributed by atoms with Crippen LogP contribution in [-0.4, -0.2) is 52.4 Å². The first-order chi connectivity index (χ1) is 11.0. The van der Waals surface area contributed by atoms with Gasteiger partial charge in [-0.1, -0.05) is 42.4 Å². The highest BCUT2D eigenvalue weighted by Gasteiger charge is 2.17. The Bertz CT molecular complexity index is 627. The largest absolute Gasteiger partial charge is 0.392 e. The van der Waals surface area contributed by atoms with Crippen molar-refractivity contribution in [2.45, 2.75) is 25.9 Å². The molecule has 2 rings (SSSR count). The number of aromatic nitrogens is 2. The summed E-state index contributed by atoms with van der Waals surface area (Å²) in [5.41, 5.74) is 0.885. The Labute approximate surface area is 135 Å². The van der Waals surface area contributed by atoms with Crippen molar-refractivity contribution in [3.05, 3.63) is 36.2 Å². The third-order valence-corrected chi connectivity index (χ3v) is 3.34. The van der Waals surface area contributed by atoms with Gasteiger partial charge in [0.2, 0.25) is 11.7 Å². The van der Waals surface area contributed by atoms with E-state index in [9.17, 15) is 9.90 Å². The zero-order valence-electron chi connectivity index (χ0n) is 13.6. The standard InChI is InChI=1S/C16H22N4O3/c1-11(9-17-16(22)20(3)10-12(2)21)15-18-14(19-23-15)13-7-5-4-6-8-13/h4-8,11-12,21H,9-10H2,1-3H3,(H,17,22). The minimum Gasteiger partial charge on any atom is -0.392 e. The van der Waals surface area contributed by atoms with Gasteiger partial charge in [-0.15, -0.1) is 0 Å². The van der Waals surface area contributed by atoms with Crippen molar-refractivity contribution in [2.24, 2.45) is 0 Å². The molecular formula is C16H22N4O3. The highest BCUT2D eigenvalue weighted by Crippen LogP contribution is 2.18. The van der Waals surface area contributed by atoms with Crippen molar-refractivity contribution < 1.29 is 14.4 Å². The van der Waals surface area contributed by atoms with Gasteiger partial charge in [0.05, 0.1) is 12.0 Å². The zero-order valence-corrected chi connectivity index (χ0v) is 13.6. The molecule has 0 aliphatic carbocycles. The van der Waals surface area contributed by atoms with Crippen LogP contribution in [0.25, 0.3) is 11.4 Å². The van der Waals surface area contributed by atoms with Crippen molar-refractivity contribution in [3.8, 4) is 11.4 Å². The van der Waals surface area contributed by atoms with Crippen molar-refractivity contribution >= 4 is 6.03 Å². The molecule has 0 saturated carbocycles. The molecule has 0 spiro atoms. The Hall–Kier alpha value is -2.41. The van der Waals surface area contributed by atoms with Crippen LogP contribution in [0, 0.1) is 0 Å². The van der Waals surface area contributed by atoms with E-state index in [4.69, 9.17) is 4.52 Å². The van der Waals surface area contributed by atoms with Crippen LogP contribution in [0.2, 0.25) is 0 Å². The number of aliphatic hydroxyl groups excluding tert-OH is 1. The molecule has 2 amide bonds. The average Bonchev–Trinajstić information content (AvgIpc) is 3.02. The van der Waals surface area contributed by atoms with Gasteiger partial charge in [0.25, 0.3) is 0 Å². The molecule has 0 fully saturated rings. The highest BCUT2D eigenvalue weighted by molar-refractivity contribution is 5.73. The van der Waals surface area contributed by atoms with Gasteiger partial charge in [0.1, 0.15) is 0 Å². The number of hydrogen-bond donors (Lipinski definition) is 2. The number of likely N-dealkylation sites (N-methyl/N-ethyl adjacent to an activating group) is 1. The molecule has 2 N–H and O–H groups in total. The summed E-state index contributed by atoms with van der Waals surface area (Å²) in [5.74, 6) is 0.899. The summed E-state index contributed by atoms with van der Waals surface area (Å²) in [5, 5.41) is 16.0. The Morgan fingerprint density at radius 2 is 2.04 bits per heavy atom. The molecule has 7 heteroatoms. The minimum absolute atomic E-state index is 0.108. The van der Waals surface area contributed by atoms with Gasteiger partial charge in [0.15, 0.2) is 0 Å². The highest BCUT2D eigenvalue weighted by atomic mass is 16.5. The van der Waals surface area contributed by atoms with E-state index in [1.54, 1.807) is 14.0 Å². The number of amides is 2. The van der Waals surface area contributed by atoms with Gasteiger partial charge in [0, 0.05) is 25.7 Å². The van der Waals surface area contributed by atoms with Gasteiger partial charge < -0.3 is 19.8 Å². The molecule has 2 atom stereocenters. The number of nitrogens with one attached hydrogen (secondary N) is 1. The maximum Gasteiger partial charge on any atom is 0.317 e. The topological polar surface area (TPSA) is 91.5 Å². The number of nitrogens with zero attached hydrogens (tertiary/aromatic N) is 3.